The molecule has 0 fully saturated rings. The molecule has 0 N–H and O–H groups in total. The van der Waals surface area contributed by atoms with E-state index in [2.05, 4.69) is 84.9 Å². The van der Waals surface area contributed by atoms with E-state index in [4.69, 9.17) is 23.8 Å². The molecule has 0 saturated carbocycles. The fourth-order valence-electron chi connectivity index (χ4n) is 7.08. The Hall–Kier alpha value is -6.85. The Balaban J connectivity index is 1.17. The van der Waals surface area contributed by atoms with E-state index in [0.29, 0.717) is 17.5 Å². The van der Waals surface area contributed by atoms with Crippen LogP contribution in [0.4, 0.5) is 0 Å². The van der Waals surface area contributed by atoms with Gasteiger partial charge in [-0.15, -0.1) is 0 Å². The van der Waals surface area contributed by atoms with Crippen molar-refractivity contribution in [3.63, 3.8) is 0 Å². The first-order chi connectivity index (χ1) is 24.8. The van der Waals surface area contributed by atoms with Crippen molar-refractivity contribution < 1.29 is 8.83 Å². The molecule has 10 rings (SSSR count). The zero-order valence-corrected chi connectivity index (χ0v) is 26.7. The smallest absolute Gasteiger partial charge is 0.164 e. The fraction of sp³-hybridized carbons (Fsp3) is 0. The Kier molecular flexibility index (Phi) is 6.42. The van der Waals surface area contributed by atoms with Crippen LogP contribution in [0, 0.1) is 0 Å². The Morgan fingerprint density at radius 3 is 1.32 bits per heavy atom. The maximum Gasteiger partial charge on any atom is 0.164 e. The molecule has 0 aliphatic carbocycles. The number of nitrogens with zero attached hydrogens (tertiary/aromatic N) is 3. The van der Waals surface area contributed by atoms with Crippen molar-refractivity contribution in [2.24, 2.45) is 0 Å². The summed E-state index contributed by atoms with van der Waals surface area (Å²) < 4.78 is 13.0. The van der Waals surface area contributed by atoms with Gasteiger partial charge in [0.1, 0.15) is 22.3 Å². The SMILES string of the molecule is c1ccc(-c2nc(-c3ccccc3)nc(-c3ccc4c(c3)oc3cccc(-c5cccc6oc7cccc(-c8ccccc8)c7c56)c34)n2)cc1. The van der Waals surface area contributed by atoms with Gasteiger partial charge < -0.3 is 8.83 Å². The van der Waals surface area contributed by atoms with Gasteiger partial charge in [0.25, 0.3) is 0 Å². The van der Waals surface area contributed by atoms with Gasteiger partial charge in [-0.2, -0.15) is 0 Å². The summed E-state index contributed by atoms with van der Waals surface area (Å²) >= 11 is 0. The molecule has 10 aromatic rings. The molecule has 0 bridgehead atoms. The Morgan fingerprint density at radius 2 is 0.740 bits per heavy atom. The Morgan fingerprint density at radius 1 is 0.300 bits per heavy atom. The average Bonchev–Trinajstić information content (AvgIpc) is 3.77. The summed E-state index contributed by atoms with van der Waals surface area (Å²) in [7, 11) is 0. The predicted molar refractivity (Wildman–Crippen MR) is 202 cm³/mol. The van der Waals surface area contributed by atoms with E-state index in [9.17, 15) is 0 Å². The summed E-state index contributed by atoms with van der Waals surface area (Å²) in [6.07, 6.45) is 0. The molecular formula is C45H27N3O2. The molecule has 0 radical (unpaired) electrons. The number of hydrogen-bond acceptors (Lipinski definition) is 5. The first-order valence-electron chi connectivity index (χ1n) is 16.6. The van der Waals surface area contributed by atoms with E-state index >= 15 is 0 Å². The van der Waals surface area contributed by atoms with Gasteiger partial charge in [0.05, 0.1) is 0 Å². The molecule has 0 aliphatic heterocycles. The summed E-state index contributed by atoms with van der Waals surface area (Å²) in [4.78, 5) is 14.7. The van der Waals surface area contributed by atoms with E-state index < -0.39 is 0 Å². The van der Waals surface area contributed by atoms with E-state index in [1.165, 1.54) is 0 Å². The highest BCUT2D eigenvalue weighted by Gasteiger charge is 2.20. The van der Waals surface area contributed by atoms with Crippen molar-refractivity contribution in [2.75, 3.05) is 0 Å². The van der Waals surface area contributed by atoms with Crippen LogP contribution >= 0.6 is 0 Å². The highest BCUT2D eigenvalue weighted by Crippen LogP contribution is 2.45. The average molecular weight is 642 g/mol. The predicted octanol–water partition coefficient (Wildman–Crippen LogP) is 12.0. The van der Waals surface area contributed by atoms with Crippen LogP contribution in [-0.4, -0.2) is 15.0 Å². The summed E-state index contributed by atoms with van der Waals surface area (Å²) in [5.74, 6) is 1.83. The number of hydrogen-bond donors (Lipinski definition) is 0. The van der Waals surface area contributed by atoms with Crippen molar-refractivity contribution in [2.45, 2.75) is 0 Å². The van der Waals surface area contributed by atoms with Gasteiger partial charge in [-0.1, -0.05) is 133 Å². The number of fused-ring (bicyclic) bond motifs is 6. The van der Waals surface area contributed by atoms with Crippen LogP contribution in [0.1, 0.15) is 0 Å². The number of benzene rings is 7. The van der Waals surface area contributed by atoms with Crippen LogP contribution in [-0.2, 0) is 0 Å². The summed E-state index contributed by atoms with van der Waals surface area (Å²) in [6.45, 7) is 0. The van der Waals surface area contributed by atoms with Gasteiger partial charge in [0, 0.05) is 38.2 Å². The van der Waals surface area contributed by atoms with Gasteiger partial charge in [-0.05, 0) is 52.6 Å². The number of furan rings is 2. The van der Waals surface area contributed by atoms with E-state index in [1.807, 2.05) is 78.9 Å². The van der Waals surface area contributed by atoms with Gasteiger partial charge in [-0.25, -0.2) is 15.0 Å². The van der Waals surface area contributed by atoms with E-state index in [-0.39, 0.29) is 0 Å². The molecule has 3 heterocycles. The molecule has 0 unspecified atom stereocenters. The summed E-state index contributed by atoms with van der Waals surface area (Å²) in [5.41, 5.74) is 10.5. The van der Waals surface area contributed by atoms with Crippen LogP contribution in [0.2, 0.25) is 0 Å². The Bertz CT molecular complexity index is 2800. The lowest BCUT2D eigenvalue weighted by Gasteiger charge is -2.09. The van der Waals surface area contributed by atoms with Crippen LogP contribution < -0.4 is 0 Å². The van der Waals surface area contributed by atoms with Crippen LogP contribution in [0.25, 0.3) is 100 Å². The number of aromatic nitrogens is 3. The zero-order valence-electron chi connectivity index (χ0n) is 26.7. The lowest BCUT2D eigenvalue weighted by Crippen LogP contribution is -2.00. The molecule has 5 nitrogen and oxygen atoms in total. The maximum absolute atomic E-state index is 6.59. The minimum absolute atomic E-state index is 0.586. The van der Waals surface area contributed by atoms with Crippen molar-refractivity contribution in [3.05, 3.63) is 164 Å². The fourth-order valence-corrected chi connectivity index (χ4v) is 7.08. The monoisotopic (exact) mass is 641 g/mol. The van der Waals surface area contributed by atoms with Gasteiger partial charge in [0.15, 0.2) is 17.5 Å². The third-order valence-corrected chi connectivity index (χ3v) is 9.35. The third-order valence-electron chi connectivity index (χ3n) is 9.35. The van der Waals surface area contributed by atoms with Gasteiger partial charge in [-0.3, -0.25) is 0 Å². The molecule has 7 aromatic carbocycles. The van der Waals surface area contributed by atoms with E-state index in [1.54, 1.807) is 0 Å². The molecule has 50 heavy (non-hydrogen) atoms. The summed E-state index contributed by atoms with van der Waals surface area (Å²) in [6, 6.07) is 55.6. The summed E-state index contributed by atoms with van der Waals surface area (Å²) in [5, 5.41) is 4.27. The van der Waals surface area contributed by atoms with Crippen LogP contribution in [0.5, 0.6) is 0 Å². The van der Waals surface area contributed by atoms with Crippen molar-refractivity contribution in [1.29, 1.82) is 0 Å². The minimum Gasteiger partial charge on any atom is -0.456 e. The molecule has 0 spiro atoms. The first kappa shape index (κ1) is 28.2. The molecule has 0 atom stereocenters. The molecule has 0 amide bonds. The quantitative estimate of drug-likeness (QED) is 0.187. The highest BCUT2D eigenvalue weighted by molar-refractivity contribution is 6.22. The lowest BCUT2D eigenvalue weighted by atomic mass is 9.92. The maximum atomic E-state index is 6.59. The van der Waals surface area contributed by atoms with Crippen LogP contribution in [0.15, 0.2) is 173 Å². The van der Waals surface area contributed by atoms with Crippen molar-refractivity contribution >= 4 is 43.9 Å². The van der Waals surface area contributed by atoms with Crippen molar-refractivity contribution in [1.82, 2.24) is 15.0 Å². The normalized spacial score (nSPS) is 11.6. The highest BCUT2D eigenvalue weighted by atomic mass is 16.3. The molecule has 234 valence electrons. The largest absolute Gasteiger partial charge is 0.456 e. The third kappa shape index (κ3) is 4.60. The topological polar surface area (TPSA) is 65.0 Å². The second-order valence-corrected chi connectivity index (χ2v) is 12.4. The molecular weight excluding hydrogens is 615 g/mol. The molecule has 5 heteroatoms. The van der Waals surface area contributed by atoms with Gasteiger partial charge in [0.2, 0.25) is 0 Å². The van der Waals surface area contributed by atoms with Crippen LogP contribution in [0.3, 0.4) is 0 Å². The Labute approximate surface area is 287 Å². The standard InChI is InChI=1S/C45H27N3O2/c1-4-13-28(14-5-1)32-19-10-23-37-41(32)42-34(21-12-24-38(42)49-37)33-20-11-22-36-40(33)35-26-25-31(27-39(35)50-36)45-47-43(29-15-6-2-7-16-29)46-44(48-45)30-17-8-3-9-18-30/h1-27H. The second kappa shape index (κ2) is 11.4. The molecule has 0 saturated heterocycles. The van der Waals surface area contributed by atoms with E-state index in [0.717, 1.165) is 82.8 Å². The van der Waals surface area contributed by atoms with Gasteiger partial charge >= 0.3 is 0 Å². The lowest BCUT2D eigenvalue weighted by molar-refractivity contribution is 0.668. The molecule has 3 aromatic heterocycles. The molecule has 0 aliphatic rings. The second-order valence-electron chi connectivity index (χ2n) is 12.4. The number of rotatable bonds is 5. The minimum atomic E-state index is 0.586. The first-order valence-corrected chi connectivity index (χ1v) is 16.6. The van der Waals surface area contributed by atoms with Crippen molar-refractivity contribution in [3.8, 4) is 56.4 Å². The zero-order chi connectivity index (χ0) is 33.0.